The van der Waals surface area contributed by atoms with E-state index in [-0.39, 0.29) is 29.1 Å². The van der Waals surface area contributed by atoms with E-state index in [2.05, 4.69) is 6.92 Å². The van der Waals surface area contributed by atoms with Gasteiger partial charge in [0.25, 0.3) is 0 Å². The largest absolute Gasteiger partial charge is 0.493 e. The molecule has 4 atom stereocenters. The number of methoxy groups -OCH3 is 3. The summed E-state index contributed by atoms with van der Waals surface area (Å²) >= 11 is 0. The standard InChI is InChI=1S/C22H30O5/c1-13-16-7-6-8-18(23)22(16,2)12-15(19(13)24)11-14-9-10-17(25-3)21(27-5)20(14)26-4/h9-11,13,16,18,23H,6-8,12H2,1-5H3/b15-11-/t13?,16?,18-,22-/m0/s1. The van der Waals surface area contributed by atoms with E-state index in [4.69, 9.17) is 14.2 Å². The van der Waals surface area contributed by atoms with E-state index in [9.17, 15) is 9.90 Å². The summed E-state index contributed by atoms with van der Waals surface area (Å²) in [5.41, 5.74) is 1.26. The summed E-state index contributed by atoms with van der Waals surface area (Å²) in [4.78, 5) is 13.1. The van der Waals surface area contributed by atoms with Gasteiger partial charge in [-0.2, -0.15) is 0 Å². The number of ether oxygens (including phenoxy) is 3. The van der Waals surface area contributed by atoms with E-state index in [1.165, 1.54) is 0 Å². The highest BCUT2D eigenvalue weighted by Crippen LogP contribution is 2.53. The quantitative estimate of drug-likeness (QED) is 0.811. The lowest BCUT2D eigenvalue weighted by Gasteiger charge is -2.51. The van der Waals surface area contributed by atoms with Crippen LogP contribution < -0.4 is 14.2 Å². The van der Waals surface area contributed by atoms with E-state index in [1.807, 2.05) is 25.1 Å². The first kappa shape index (κ1) is 19.7. The summed E-state index contributed by atoms with van der Waals surface area (Å²) in [6, 6.07) is 3.68. The van der Waals surface area contributed by atoms with Crippen molar-refractivity contribution in [2.75, 3.05) is 21.3 Å². The minimum atomic E-state index is -0.373. The van der Waals surface area contributed by atoms with Gasteiger partial charge in [-0.25, -0.2) is 0 Å². The van der Waals surface area contributed by atoms with Crippen molar-refractivity contribution >= 4 is 11.9 Å². The molecule has 1 aromatic carbocycles. The van der Waals surface area contributed by atoms with Crippen molar-refractivity contribution in [3.63, 3.8) is 0 Å². The SMILES string of the molecule is COc1ccc(/C=C2/C[C@@]3(C)C(CCC[C@@H]3O)C(C)C2=O)c(OC)c1OC. The summed E-state index contributed by atoms with van der Waals surface area (Å²) in [5.74, 6) is 1.95. The minimum absolute atomic E-state index is 0.0870. The van der Waals surface area contributed by atoms with Gasteiger partial charge in [0.05, 0.1) is 27.4 Å². The molecule has 2 unspecified atom stereocenters. The van der Waals surface area contributed by atoms with Crippen LogP contribution in [-0.4, -0.2) is 38.3 Å². The van der Waals surface area contributed by atoms with Crippen molar-refractivity contribution in [1.82, 2.24) is 0 Å². The van der Waals surface area contributed by atoms with E-state index in [1.54, 1.807) is 21.3 Å². The topological polar surface area (TPSA) is 65.0 Å². The van der Waals surface area contributed by atoms with Crippen LogP contribution in [0.15, 0.2) is 17.7 Å². The first-order valence-electron chi connectivity index (χ1n) is 9.59. The summed E-state index contributed by atoms with van der Waals surface area (Å²) < 4.78 is 16.3. The minimum Gasteiger partial charge on any atom is -0.493 e. The molecule has 0 heterocycles. The molecule has 1 aromatic rings. The summed E-state index contributed by atoms with van der Waals surface area (Å²) in [7, 11) is 4.72. The molecule has 0 saturated heterocycles. The average Bonchev–Trinajstić information content (AvgIpc) is 2.67. The molecule has 27 heavy (non-hydrogen) atoms. The predicted octanol–water partition coefficient (Wildman–Crippen LogP) is 3.87. The Hall–Kier alpha value is -2.01. The fourth-order valence-corrected chi connectivity index (χ4v) is 5.03. The van der Waals surface area contributed by atoms with E-state index in [0.29, 0.717) is 23.7 Å². The lowest BCUT2D eigenvalue weighted by molar-refractivity contribution is -0.133. The van der Waals surface area contributed by atoms with Crippen molar-refractivity contribution in [3.05, 3.63) is 23.3 Å². The Morgan fingerprint density at radius 2 is 1.81 bits per heavy atom. The fraction of sp³-hybridized carbons (Fsp3) is 0.591. The zero-order valence-corrected chi connectivity index (χ0v) is 16.9. The van der Waals surface area contributed by atoms with Gasteiger partial charge in [-0.1, -0.05) is 20.3 Å². The Balaban J connectivity index is 2.05. The fourth-order valence-electron chi connectivity index (χ4n) is 5.03. The van der Waals surface area contributed by atoms with E-state index >= 15 is 0 Å². The molecule has 2 fully saturated rings. The molecule has 0 bridgehead atoms. The zero-order valence-electron chi connectivity index (χ0n) is 16.9. The number of ketones is 1. The highest BCUT2D eigenvalue weighted by molar-refractivity contribution is 6.02. The van der Waals surface area contributed by atoms with Crippen molar-refractivity contribution in [2.45, 2.75) is 45.6 Å². The van der Waals surface area contributed by atoms with Crippen LogP contribution in [0.2, 0.25) is 0 Å². The van der Waals surface area contributed by atoms with Crippen LogP contribution in [0.3, 0.4) is 0 Å². The second kappa shape index (κ2) is 7.55. The lowest BCUT2D eigenvalue weighted by atomic mass is 9.54. The van der Waals surface area contributed by atoms with Crippen molar-refractivity contribution < 1.29 is 24.1 Å². The van der Waals surface area contributed by atoms with Gasteiger partial charge in [-0.15, -0.1) is 0 Å². The summed E-state index contributed by atoms with van der Waals surface area (Å²) in [5, 5.41) is 10.7. The van der Waals surface area contributed by atoms with Crippen LogP contribution in [0.5, 0.6) is 17.2 Å². The average molecular weight is 374 g/mol. The molecule has 0 spiro atoms. The Morgan fingerprint density at radius 1 is 1.11 bits per heavy atom. The Bertz CT molecular complexity index is 753. The van der Waals surface area contributed by atoms with Crippen molar-refractivity contribution in [1.29, 1.82) is 0 Å². The maximum atomic E-state index is 13.1. The van der Waals surface area contributed by atoms with E-state index in [0.717, 1.165) is 30.4 Å². The number of carbonyl (C=O) groups excluding carboxylic acids is 1. The first-order valence-corrected chi connectivity index (χ1v) is 9.59. The highest BCUT2D eigenvalue weighted by atomic mass is 16.5. The molecule has 2 saturated carbocycles. The highest BCUT2D eigenvalue weighted by Gasteiger charge is 2.51. The van der Waals surface area contributed by atoms with Gasteiger partial charge < -0.3 is 19.3 Å². The van der Waals surface area contributed by atoms with Gasteiger partial charge in [0.1, 0.15) is 0 Å². The molecule has 5 nitrogen and oxygen atoms in total. The number of carbonyl (C=O) groups is 1. The number of rotatable bonds is 4. The number of fused-ring (bicyclic) bond motifs is 1. The molecule has 2 aliphatic carbocycles. The molecular weight excluding hydrogens is 344 g/mol. The van der Waals surface area contributed by atoms with Gasteiger partial charge in [-0.3, -0.25) is 4.79 Å². The van der Waals surface area contributed by atoms with Gasteiger partial charge in [0.2, 0.25) is 5.75 Å². The Labute approximate surface area is 161 Å². The van der Waals surface area contributed by atoms with Crippen LogP contribution in [0.4, 0.5) is 0 Å². The maximum Gasteiger partial charge on any atom is 0.203 e. The van der Waals surface area contributed by atoms with Crippen molar-refractivity contribution in [2.24, 2.45) is 17.3 Å². The number of benzene rings is 1. The molecule has 148 valence electrons. The van der Waals surface area contributed by atoms with Gasteiger partial charge in [-0.05, 0) is 49.0 Å². The summed E-state index contributed by atoms with van der Waals surface area (Å²) in [6.45, 7) is 4.13. The second-order valence-corrected chi connectivity index (χ2v) is 7.98. The predicted molar refractivity (Wildman–Crippen MR) is 104 cm³/mol. The van der Waals surface area contributed by atoms with Crippen LogP contribution >= 0.6 is 0 Å². The van der Waals surface area contributed by atoms with Crippen LogP contribution in [-0.2, 0) is 4.79 Å². The summed E-state index contributed by atoms with van der Waals surface area (Å²) in [6.07, 6.45) is 4.90. The van der Waals surface area contributed by atoms with Gasteiger partial charge in [0, 0.05) is 16.9 Å². The molecule has 2 aliphatic rings. The molecule has 0 aromatic heterocycles. The maximum absolute atomic E-state index is 13.1. The van der Waals surface area contributed by atoms with Gasteiger partial charge >= 0.3 is 0 Å². The smallest absolute Gasteiger partial charge is 0.203 e. The molecule has 1 N–H and O–H groups in total. The molecular formula is C22H30O5. The first-order chi connectivity index (χ1) is 12.9. The lowest BCUT2D eigenvalue weighted by Crippen LogP contribution is -2.51. The number of aliphatic hydroxyl groups excluding tert-OH is 1. The van der Waals surface area contributed by atoms with Crippen LogP contribution in [0.1, 0.15) is 45.1 Å². The Morgan fingerprint density at radius 3 is 2.44 bits per heavy atom. The molecule has 0 amide bonds. The van der Waals surface area contributed by atoms with Crippen molar-refractivity contribution in [3.8, 4) is 17.2 Å². The van der Waals surface area contributed by atoms with Gasteiger partial charge in [0.15, 0.2) is 17.3 Å². The molecule has 5 heteroatoms. The number of allylic oxidation sites excluding steroid dienone is 1. The normalized spacial score (nSPS) is 32.1. The third-order valence-corrected chi connectivity index (χ3v) is 6.57. The number of hydrogen-bond donors (Lipinski definition) is 1. The zero-order chi connectivity index (χ0) is 19.8. The molecule has 0 radical (unpaired) electrons. The third kappa shape index (κ3) is 3.22. The number of Topliss-reactive ketones (excluding diaryl/α,β-unsaturated/α-hetero) is 1. The monoisotopic (exact) mass is 374 g/mol. The van der Waals surface area contributed by atoms with Crippen LogP contribution in [0, 0.1) is 17.3 Å². The number of hydrogen-bond acceptors (Lipinski definition) is 5. The van der Waals surface area contributed by atoms with Crippen LogP contribution in [0.25, 0.3) is 6.08 Å². The molecule has 0 aliphatic heterocycles. The number of aliphatic hydroxyl groups is 1. The van der Waals surface area contributed by atoms with E-state index < -0.39 is 0 Å². The third-order valence-electron chi connectivity index (χ3n) is 6.57. The molecule has 3 rings (SSSR count). The Kier molecular flexibility index (Phi) is 5.52. The second-order valence-electron chi connectivity index (χ2n) is 7.98.